The first-order valence-electron chi connectivity index (χ1n) is 7.83. The van der Waals surface area contributed by atoms with E-state index in [9.17, 15) is 4.79 Å². The summed E-state index contributed by atoms with van der Waals surface area (Å²) in [5, 5.41) is 0. The second-order valence-corrected chi connectivity index (χ2v) is 5.62. The SMILES string of the molecule is CC=O.NCC1CN(c2ccc3c(c2)Cc2cccnc2-3)C(=O)O1. The molecular weight excluding hydrogens is 306 g/mol. The van der Waals surface area contributed by atoms with Crippen molar-refractivity contribution in [1.82, 2.24) is 4.98 Å². The number of anilines is 1. The summed E-state index contributed by atoms with van der Waals surface area (Å²) in [5.41, 5.74) is 11.1. The number of nitrogens with zero attached hydrogens (tertiary/aromatic N) is 2. The third-order valence-electron chi connectivity index (χ3n) is 4.06. The maximum Gasteiger partial charge on any atom is 0.414 e. The number of ether oxygens (including phenoxy) is 1. The van der Waals surface area contributed by atoms with Crippen LogP contribution in [0.25, 0.3) is 11.3 Å². The minimum absolute atomic E-state index is 0.218. The summed E-state index contributed by atoms with van der Waals surface area (Å²) in [6, 6.07) is 10.1. The van der Waals surface area contributed by atoms with Crippen LogP contribution in [0.4, 0.5) is 10.5 Å². The summed E-state index contributed by atoms with van der Waals surface area (Å²) in [5.74, 6) is 0. The molecule has 1 aromatic heterocycles. The van der Waals surface area contributed by atoms with E-state index >= 15 is 0 Å². The molecule has 1 aliphatic heterocycles. The summed E-state index contributed by atoms with van der Waals surface area (Å²) in [6.45, 7) is 2.31. The van der Waals surface area contributed by atoms with Gasteiger partial charge < -0.3 is 15.3 Å². The smallest absolute Gasteiger partial charge is 0.414 e. The van der Waals surface area contributed by atoms with Crippen LogP contribution in [0, 0.1) is 0 Å². The number of aromatic nitrogens is 1. The van der Waals surface area contributed by atoms with E-state index in [4.69, 9.17) is 15.3 Å². The largest absolute Gasteiger partial charge is 0.443 e. The molecule has 1 aromatic carbocycles. The number of carbonyl (C=O) groups excluding carboxylic acids is 2. The highest BCUT2D eigenvalue weighted by Gasteiger charge is 2.32. The van der Waals surface area contributed by atoms with Gasteiger partial charge >= 0.3 is 6.09 Å². The van der Waals surface area contributed by atoms with Gasteiger partial charge in [-0.2, -0.15) is 0 Å². The quantitative estimate of drug-likeness (QED) is 0.730. The number of nitrogens with two attached hydrogens (primary N) is 1. The van der Waals surface area contributed by atoms with Crippen LogP contribution in [0.3, 0.4) is 0 Å². The van der Waals surface area contributed by atoms with Crippen LogP contribution >= 0.6 is 0 Å². The maximum absolute atomic E-state index is 11.9. The van der Waals surface area contributed by atoms with Crippen molar-refractivity contribution in [2.75, 3.05) is 18.0 Å². The Kier molecular flexibility index (Phi) is 4.57. The first-order valence-corrected chi connectivity index (χ1v) is 7.83. The van der Waals surface area contributed by atoms with Gasteiger partial charge in [0.15, 0.2) is 0 Å². The molecule has 2 aromatic rings. The van der Waals surface area contributed by atoms with Crippen LogP contribution in [0.15, 0.2) is 36.5 Å². The summed E-state index contributed by atoms with van der Waals surface area (Å²) < 4.78 is 5.21. The number of cyclic esters (lactones) is 1. The van der Waals surface area contributed by atoms with Crippen LogP contribution in [0.2, 0.25) is 0 Å². The van der Waals surface area contributed by atoms with Crippen molar-refractivity contribution in [2.24, 2.45) is 5.73 Å². The number of fused-ring (bicyclic) bond motifs is 3. The number of carbonyl (C=O) groups is 2. The lowest BCUT2D eigenvalue weighted by Crippen LogP contribution is -2.27. The first-order chi connectivity index (χ1) is 11.7. The van der Waals surface area contributed by atoms with Gasteiger partial charge in [0, 0.05) is 30.4 Å². The molecule has 1 aliphatic carbocycles. The molecule has 1 amide bonds. The number of pyridine rings is 1. The Labute approximate surface area is 140 Å². The summed E-state index contributed by atoms with van der Waals surface area (Å²) >= 11 is 0. The van der Waals surface area contributed by atoms with Crippen LogP contribution < -0.4 is 10.6 Å². The molecule has 1 unspecified atom stereocenters. The van der Waals surface area contributed by atoms with E-state index in [1.807, 2.05) is 24.4 Å². The molecule has 4 rings (SSSR count). The van der Waals surface area contributed by atoms with E-state index in [0.29, 0.717) is 13.1 Å². The highest BCUT2D eigenvalue weighted by atomic mass is 16.6. The topological polar surface area (TPSA) is 85.5 Å². The second-order valence-electron chi connectivity index (χ2n) is 5.62. The fourth-order valence-electron chi connectivity index (χ4n) is 3.01. The highest BCUT2D eigenvalue weighted by Crippen LogP contribution is 2.37. The van der Waals surface area contributed by atoms with E-state index in [1.165, 1.54) is 18.1 Å². The lowest BCUT2D eigenvalue weighted by Gasteiger charge is -2.14. The average Bonchev–Trinajstić information content (AvgIpc) is 3.15. The number of aldehydes is 1. The van der Waals surface area contributed by atoms with Crippen molar-refractivity contribution in [2.45, 2.75) is 19.4 Å². The predicted molar refractivity (Wildman–Crippen MR) is 90.9 cm³/mol. The van der Waals surface area contributed by atoms with Crippen LogP contribution in [-0.4, -0.2) is 36.6 Å². The van der Waals surface area contributed by atoms with Crippen molar-refractivity contribution < 1.29 is 14.3 Å². The summed E-state index contributed by atoms with van der Waals surface area (Å²) in [4.78, 5) is 26.8. The molecule has 0 radical (unpaired) electrons. The van der Waals surface area contributed by atoms with Crippen molar-refractivity contribution in [1.29, 1.82) is 0 Å². The van der Waals surface area contributed by atoms with Gasteiger partial charge in [-0.3, -0.25) is 9.88 Å². The molecule has 24 heavy (non-hydrogen) atoms. The molecule has 0 saturated carbocycles. The third-order valence-corrected chi connectivity index (χ3v) is 4.06. The van der Waals surface area contributed by atoms with Gasteiger partial charge in [-0.1, -0.05) is 12.1 Å². The van der Waals surface area contributed by atoms with Crippen LogP contribution in [0.1, 0.15) is 18.1 Å². The Morgan fingerprint density at radius 3 is 2.88 bits per heavy atom. The number of benzene rings is 1. The van der Waals surface area contributed by atoms with E-state index in [-0.39, 0.29) is 12.2 Å². The zero-order chi connectivity index (χ0) is 17.1. The third kappa shape index (κ3) is 2.88. The molecular formula is C18H19N3O3. The van der Waals surface area contributed by atoms with Crippen molar-refractivity contribution in [3.63, 3.8) is 0 Å². The standard InChI is InChI=1S/C16H15N3O2.C2H4O/c17-8-13-9-19(16(20)21-13)12-3-4-14-11(7-12)6-10-2-1-5-18-15(10)14;1-2-3/h1-5,7,13H,6,8-9,17H2;2H,1H3. The minimum atomic E-state index is -0.320. The average molecular weight is 325 g/mol. The number of amides is 1. The molecule has 0 bridgehead atoms. The van der Waals surface area contributed by atoms with Gasteiger partial charge in [-0.15, -0.1) is 0 Å². The van der Waals surface area contributed by atoms with E-state index in [1.54, 1.807) is 4.90 Å². The molecule has 1 fully saturated rings. The van der Waals surface area contributed by atoms with Gasteiger partial charge in [0.05, 0.1) is 12.2 Å². The van der Waals surface area contributed by atoms with Crippen molar-refractivity contribution >= 4 is 18.1 Å². The molecule has 124 valence electrons. The Hall–Kier alpha value is -2.73. The lowest BCUT2D eigenvalue weighted by atomic mass is 10.1. The maximum atomic E-state index is 11.9. The Balaban J connectivity index is 0.000000526. The summed E-state index contributed by atoms with van der Waals surface area (Å²) in [7, 11) is 0. The van der Waals surface area contributed by atoms with Crippen molar-refractivity contribution in [3.05, 3.63) is 47.7 Å². The fourth-order valence-corrected chi connectivity index (χ4v) is 3.01. The molecule has 1 atom stereocenters. The summed E-state index contributed by atoms with van der Waals surface area (Å²) in [6.07, 6.45) is 2.88. The van der Waals surface area contributed by atoms with Crippen LogP contribution in [0.5, 0.6) is 0 Å². The number of hydrogen-bond acceptors (Lipinski definition) is 5. The highest BCUT2D eigenvalue weighted by molar-refractivity contribution is 5.91. The zero-order valence-electron chi connectivity index (χ0n) is 13.4. The number of rotatable bonds is 2. The Morgan fingerprint density at radius 2 is 2.17 bits per heavy atom. The molecule has 1 saturated heterocycles. The van der Waals surface area contributed by atoms with Gasteiger partial charge in [-0.25, -0.2) is 4.79 Å². The molecule has 0 spiro atoms. The monoisotopic (exact) mass is 325 g/mol. The van der Waals surface area contributed by atoms with Crippen LogP contribution in [-0.2, 0) is 16.0 Å². The van der Waals surface area contributed by atoms with E-state index in [0.717, 1.165) is 29.7 Å². The Morgan fingerprint density at radius 1 is 1.38 bits per heavy atom. The zero-order valence-corrected chi connectivity index (χ0v) is 13.4. The molecule has 2 N–H and O–H groups in total. The molecule has 6 heteroatoms. The van der Waals surface area contributed by atoms with Gasteiger partial charge in [0.25, 0.3) is 0 Å². The second kappa shape index (κ2) is 6.80. The van der Waals surface area contributed by atoms with E-state index in [2.05, 4.69) is 17.1 Å². The van der Waals surface area contributed by atoms with Crippen molar-refractivity contribution in [3.8, 4) is 11.3 Å². The lowest BCUT2D eigenvalue weighted by molar-refractivity contribution is -0.106. The molecule has 2 heterocycles. The van der Waals surface area contributed by atoms with E-state index < -0.39 is 0 Å². The van der Waals surface area contributed by atoms with Gasteiger partial charge in [0.2, 0.25) is 0 Å². The molecule has 6 nitrogen and oxygen atoms in total. The number of hydrogen-bond donors (Lipinski definition) is 1. The van der Waals surface area contributed by atoms with Gasteiger partial charge in [0.1, 0.15) is 12.4 Å². The fraction of sp³-hybridized carbons (Fsp3) is 0.278. The minimum Gasteiger partial charge on any atom is -0.443 e. The first kappa shape index (κ1) is 16.1. The van der Waals surface area contributed by atoms with Gasteiger partial charge in [-0.05, 0) is 36.2 Å². The normalized spacial score (nSPS) is 17.5. The predicted octanol–water partition coefficient (Wildman–Crippen LogP) is 2.14. The Bertz CT molecular complexity index is 776. The molecule has 2 aliphatic rings.